The zero-order valence-corrected chi connectivity index (χ0v) is 12.6. The number of hydrogen-bond acceptors (Lipinski definition) is 4. The highest BCUT2D eigenvalue weighted by Gasteiger charge is 2.26. The molecule has 0 aliphatic heterocycles. The highest BCUT2D eigenvalue weighted by Crippen LogP contribution is 2.20. The van der Waals surface area contributed by atoms with Crippen molar-refractivity contribution >= 4 is 11.7 Å². The number of anilines is 1. The molecule has 0 saturated heterocycles. The van der Waals surface area contributed by atoms with Gasteiger partial charge in [0, 0.05) is 18.4 Å². The number of hydrogen-bond donors (Lipinski definition) is 3. The molecule has 1 aromatic heterocycles. The van der Waals surface area contributed by atoms with Crippen LogP contribution in [-0.2, 0) is 16.9 Å². The van der Waals surface area contributed by atoms with Gasteiger partial charge in [-0.25, -0.2) is 4.79 Å². The molecule has 2 amide bonds. The zero-order valence-electron chi connectivity index (χ0n) is 12.6. The van der Waals surface area contributed by atoms with Crippen molar-refractivity contribution in [2.24, 2.45) is 0 Å². The van der Waals surface area contributed by atoms with Crippen LogP contribution in [0.3, 0.4) is 0 Å². The van der Waals surface area contributed by atoms with Gasteiger partial charge in [-0.3, -0.25) is 0 Å². The van der Waals surface area contributed by atoms with E-state index in [1.165, 1.54) is 6.26 Å². The molecule has 0 bridgehead atoms. The topological polar surface area (TPSA) is 83.7 Å². The summed E-state index contributed by atoms with van der Waals surface area (Å²) in [4.78, 5) is 12.0. The second kappa shape index (κ2) is 7.11. The number of aliphatic hydroxyl groups is 1. The number of carbonyl (C=O) groups excluding carboxylic acids is 1. The van der Waals surface area contributed by atoms with Gasteiger partial charge in [0.2, 0.25) is 0 Å². The van der Waals surface area contributed by atoms with Crippen LogP contribution in [0.1, 0.15) is 18.2 Å². The molecule has 1 unspecified atom stereocenters. The molecule has 2 aromatic rings. The number of rotatable bonds is 6. The molecular weight excluding hydrogens is 284 g/mol. The monoisotopic (exact) mass is 304 g/mol. The van der Waals surface area contributed by atoms with Crippen LogP contribution in [0.4, 0.5) is 10.5 Å². The lowest BCUT2D eigenvalue weighted by Gasteiger charge is -2.21. The third-order valence-corrected chi connectivity index (χ3v) is 3.21. The molecule has 3 N–H and O–H groups in total. The Kier molecular flexibility index (Phi) is 5.19. The number of urea groups is 1. The highest BCUT2D eigenvalue weighted by atomic mass is 16.5. The summed E-state index contributed by atoms with van der Waals surface area (Å²) in [6.07, 6.45) is 1.48. The summed E-state index contributed by atoms with van der Waals surface area (Å²) in [7, 11) is 1.59. The molecule has 1 aromatic carbocycles. The summed E-state index contributed by atoms with van der Waals surface area (Å²) in [6.45, 7) is 2.00. The minimum Gasteiger partial charge on any atom is -0.466 e. The van der Waals surface area contributed by atoms with Crippen molar-refractivity contribution in [2.45, 2.75) is 19.1 Å². The van der Waals surface area contributed by atoms with Crippen LogP contribution in [0.25, 0.3) is 0 Å². The van der Waals surface area contributed by atoms with E-state index < -0.39 is 11.6 Å². The van der Waals surface area contributed by atoms with Gasteiger partial charge in [0.25, 0.3) is 0 Å². The molecule has 1 atom stereocenters. The predicted molar refractivity (Wildman–Crippen MR) is 82.5 cm³/mol. The van der Waals surface area contributed by atoms with Crippen LogP contribution >= 0.6 is 0 Å². The van der Waals surface area contributed by atoms with Gasteiger partial charge in [0.05, 0.1) is 19.4 Å². The molecule has 22 heavy (non-hydrogen) atoms. The van der Waals surface area contributed by atoms with Crippen molar-refractivity contribution in [3.8, 4) is 0 Å². The van der Waals surface area contributed by atoms with Gasteiger partial charge in [-0.15, -0.1) is 0 Å². The summed E-state index contributed by atoms with van der Waals surface area (Å²) >= 11 is 0. The molecule has 0 fully saturated rings. The minimum absolute atomic E-state index is 0.0266. The number of ether oxygens (including phenoxy) is 1. The summed E-state index contributed by atoms with van der Waals surface area (Å²) in [5.74, 6) is 0.396. The SMILES string of the molecule is COCc1ccccc1NC(=O)NCC(C)(O)c1ccco1. The maximum atomic E-state index is 12.0. The van der Waals surface area contributed by atoms with Crippen molar-refractivity contribution in [3.05, 3.63) is 54.0 Å². The second-order valence-electron chi connectivity index (χ2n) is 5.15. The van der Waals surface area contributed by atoms with Gasteiger partial charge in [-0.05, 0) is 25.1 Å². The van der Waals surface area contributed by atoms with Crippen LogP contribution < -0.4 is 10.6 Å². The number of nitrogens with one attached hydrogen (secondary N) is 2. The predicted octanol–water partition coefficient (Wildman–Crippen LogP) is 2.46. The molecule has 1 heterocycles. The lowest BCUT2D eigenvalue weighted by atomic mass is 10.0. The average Bonchev–Trinajstić information content (AvgIpc) is 3.03. The number of carbonyl (C=O) groups is 1. The molecule has 6 heteroatoms. The molecule has 0 aliphatic rings. The molecule has 0 spiro atoms. The van der Waals surface area contributed by atoms with E-state index in [0.717, 1.165) is 5.56 Å². The fourth-order valence-electron chi connectivity index (χ4n) is 2.01. The van der Waals surface area contributed by atoms with Gasteiger partial charge >= 0.3 is 6.03 Å². The van der Waals surface area contributed by atoms with Gasteiger partial charge in [-0.1, -0.05) is 18.2 Å². The van der Waals surface area contributed by atoms with Crippen molar-refractivity contribution in [1.29, 1.82) is 0 Å². The molecule has 0 saturated carbocycles. The Labute approximate surface area is 129 Å². The highest BCUT2D eigenvalue weighted by molar-refractivity contribution is 5.90. The molecule has 0 radical (unpaired) electrons. The zero-order chi connectivity index (χ0) is 16.0. The van der Waals surface area contributed by atoms with E-state index in [1.807, 2.05) is 18.2 Å². The number of para-hydroxylation sites is 1. The molecule has 2 rings (SSSR count). The minimum atomic E-state index is -1.27. The van der Waals surface area contributed by atoms with Gasteiger partial charge in [0.1, 0.15) is 11.4 Å². The smallest absolute Gasteiger partial charge is 0.319 e. The fourth-order valence-corrected chi connectivity index (χ4v) is 2.01. The first kappa shape index (κ1) is 16.1. The van der Waals surface area contributed by atoms with E-state index in [2.05, 4.69) is 10.6 Å². The number of amides is 2. The summed E-state index contributed by atoms with van der Waals surface area (Å²) in [5.41, 5.74) is 0.268. The maximum absolute atomic E-state index is 12.0. The standard InChI is InChI=1S/C16H20N2O4/c1-16(20,14-8-5-9-22-14)11-17-15(19)18-13-7-4-3-6-12(13)10-21-2/h3-9,20H,10-11H2,1-2H3,(H2,17,18,19). The third kappa shape index (κ3) is 4.09. The number of methoxy groups -OCH3 is 1. The maximum Gasteiger partial charge on any atom is 0.319 e. The summed E-state index contributed by atoms with van der Waals surface area (Å²) in [6, 6.07) is 10.3. The average molecular weight is 304 g/mol. The van der Waals surface area contributed by atoms with Crippen LogP contribution in [0, 0.1) is 0 Å². The van der Waals surface area contributed by atoms with E-state index >= 15 is 0 Å². The number of furan rings is 1. The fraction of sp³-hybridized carbons (Fsp3) is 0.312. The normalized spacial score (nSPS) is 13.4. The van der Waals surface area contributed by atoms with Crippen molar-refractivity contribution in [2.75, 3.05) is 19.0 Å². The van der Waals surface area contributed by atoms with Crippen LogP contribution in [0.15, 0.2) is 47.1 Å². The van der Waals surface area contributed by atoms with Crippen molar-refractivity contribution < 1.29 is 19.1 Å². The second-order valence-corrected chi connectivity index (χ2v) is 5.15. The molecular formula is C16H20N2O4. The van der Waals surface area contributed by atoms with E-state index in [0.29, 0.717) is 18.1 Å². The first-order valence-corrected chi connectivity index (χ1v) is 6.91. The van der Waals surface area contributed by atoms with E-state index in [9.17, 15) is 9.90 Å². The quantitative estimate of drug-likeness (QED) is 0.765. The Morgan fingerprint density at radius 3 is 2.77 bits per heavy atom. The van der Waals surface area contributed by atoms with Gasteiger partial charge < -0.3 is 24.9 Å². The van der Waals surface area contributed by atoms with Crippen LogP contribution in [0.2, 0.25) is 0 Å². The molecule has 6 nitrogen and oxygen atoms in total. The van der Waals surface area contributed by atoms with E-state index in [4.69, 9.17) is 9.15 Å². The largest absolute Gasteiger partial charge is 0.466 e. The van der Waals surface area contributed by atoms with Crippen LogP contribution in [0.5, 0.6) is 0 Å². The first-order valence-electron chi connectivity index (χ1n) is 6.91. The molecule has 118 valence electrons. The third-order valence-electron chi connectivity index (χ3n) is 3.21. The van der Waals surface area contributed by atoms with E-state index in [-0.39, 0.29) is 6.54 Å². The Balaban J connectivity index is 1.94. The Morgan fingerprint density at radius 1 is 1.32 bits per heavy atom. The van der Waals surface area contributed by atoms with Crippen LogP contribution in [-0.4, -0.2) is 24.8 Å². The lowest BCUT2D eigenvalue weighted by molar-refractivity contribution is 0.0372. The summed E-state index contributed by atoms with van der Waals surface area (Å²) < 4.78 is 10.3. The Morgan fingerprint density at radius 2 is 2.09 bits per heavy atom. The van der Waals surface area contributed by atoms with E-state index in [1.54, 1.807) is 32.2 Å². The van der Waals surface area contributed by atoms with Gasteiger partial charge in [0.15, 0.2) is 0 Å². The Bertz CT molecular complexity index is 608. The lowest BCUT2D eigenvalue weighted by Crippen LogP contribution is -2.40. The summed E-state index contributed by atoms with van der Waals surface area (Å²) in [5, 5.41) is 15.6. The Hall–Kier alpha value is -2.31. The van der Waals surface area contributed by atoms with Crippen molar-refractivity contribution in [3.63, 3.8) is 0 Å². The van der Waals surface area contributed by atoms with Crippen molar-refractivity contribution in [1.82, 2.24) is 5.32 Å². The molecule has 0 aliphatic carbocycles. The van der Waals surface area contributed by atoms with Gasteiger partial charge in [-0.2, -0.15) is 0 Å². The number of benzene rings is 1. The first-order chi connectivity index (χ1) is 10.5.